The number of fused-ring (bicyclic) bond motifs is 2. The molecule has 1 heteroatoms. The summed E-state index contributed by atoms with van der Waals surface area (Å²) in [7, 11) is 0. The highest BCUT2D eigenvalue weighted by atomic mass is 16.5. The molecule has 1 saturated carbocycles. The summed E-state index contributed by atoms with van der Waals surface area (Å²) in [5, 5.41) is 0. The fourth-order valence-electron chi connectivity index (χ4n) is 2.34. The van der Waals surface area contributed by atoms with Crippen LogP contribution >= 0.6 is 0 Å². The largest absolute Gasteiger partial charge is 0.501 e. The van der Waals surface area contributed by atoms with Crippen LogP contribution in [0.2, 0.25) is 0 Å². The molecule has 0 aromatic rings. The van der Waals surface area contributed by atoms with E-state index in [0.29, 0.717) is 5.41 Å². The molecule has 0 heterocycles. The zero-order valence-electron chi connectivity index (χ0n) is 7.62. The summed E-state index contributed by atoms with van der Waals surface area (Å²) in [6, 6.07) is 0. The molecule has 2 rings (SSSR count). The summed E-state index contributed by atoms with van der Waals surface area (Å²) in [5.41, 5.74) is 0.407. The standard InChI is InChI=1S/C11H16O/c1-2-7-12-9-11-5-3-10(8-11)4-6-11/h2-3,5,7,10H,4,6,8-9H2,1H3. The summed E-state index contributed by atoms with van der Waals surface area (Å²) < 4.78 is 5.46. The number of ether oxygens (including phenoxy) is 1. The monoisotopic (exact) mass is 164 g/mol. The minimum atomic E-state index is 0.407. The lowest BCUT2D eigenvalue weighted by Crippen LogP contribution is -2.17. The number of hydrogen-bond acceptors (Lipinski definition) is 1. The van der Waals surface area contributed by atoms with E-state index in [2.05, 4.69) is 12.2 Å². The van der Waals surface area contributed by atoms with Crippen LogP contribution in [0, 0.1) is 11.3 Å². The van der Waals surface area contributed by atoms with E-state index in [1.54, 1.807) is 6.26 Å². The molecule has 1 fully saturated rings. The lowest BCUT2D eigenvalue weighted by Gasteiger charge is -2.21. The first-order valence-corrected chi connectivity index (χ1v) is 4.77. The van der Waals surface area contributed by atoms with Crippen molar-refractivity contribution in [3.8, 4) is 0 Å². The highest BCUT2D eigenvalue weighted by Gasteiger charge is 2.40. The molecule has 0 saturated heterocycles. The van der Waals surface area contributed by atoms with E-state index >= 15 is 0 Å². The molecule has 66 valence electrons. The van der Waals surface area contributed by atoms with E-state index in [0.717, 1.165) is 12.5 Å². The molecular weight excluding hydrogens is 148 g/mol. The van der Waals surface area contributed by atoms with Crippen LogP contribution in [0.3, 0.4) is 0 Å². The van der Waals surface area contributed by atoms with E-state index in [1.807, 2.05) is 13.0 Å². The van der Waals surface area contributed by atoms with Gasteiger partial charge in [-0.1, -0.05) is 18.2 Å². The average Bonchev–Trinajstić information content (AvgIpc) is 2.64. The third-order valence-corrected chi connectivity index (χ3v) is 3.01. The molecule has 2 atom stereocenters. The van der Waals surface area contributed by atoms with Crippen molar-refractivity contribution in [2.24, 2.45) is 11.3 Å². The molecule has 0 radical (unpaired) electrons. The Labute approximate surface area is 74.1 Å². The van der Waals surface area contributed by atoms with Crippen molar-refractivity contribution in [1.82, 2.24) is 0 Å². The van der Waals surface area contributed by atoms with Gasteiger partial charge in [0.2, 0.25) is 0 Å². The Hall–Kier alpha value is -0.720. The fourth-order valence-corrected chi connectivity index (χ4v) is 2.34. The molecule has 0 N–H and O–H groups in total. The van der Waals surface area contributed by atoms with Crippen LogP contribution < -0.4 is 0 Å². The predicted octanol–water partition coefficient (Wildman–Crippen LogP) is 2.89. The van der Waals surface area contributed by atoms with Gasteiger partial charge in [-0.3, -0.25) is 0 Å². The normalized spacial score (nSPS) is 38.2. The molecule has 2 aliphatic rings. The van der Waals surface area contributed by atoms with Gasteiger partial charge in [0.25, 0.3) is 0 Å². The first-order chi connectivity index (χ1) is 5.85. The summed E-state index contributed by atoms with van der Waals surface area (Å²) >= 11 is 0. The molecule has 2 unspecified atom stereocenters. The Morgan fingerprint density at radius 1 is 1.67 bits per heavy atom. The number of hydrogen-bond donors (Lipinski definition) is 0. The molecule has 12 heavy (non-hydrogen) atoms. The zero-order valence-corrected chi connectivity index (χ0v) is 7.62. The summed E-state index contributed by atoms with van der Waals surface area (Å²) in [6.45, 7) is 2.87. The van der Waals surface area contributed by atoms with Gasteiger partial charge in [0, 0.05) is 5.41 Å². The Balaban J connectivity index is 1.90. The van der Waals surface area contributed by atoms with E-state index < -0.39 is 0 Å². The topological polar surface area (TPSA) is 9.23 Å². The van der Waals surface area contributed by atoms with Gasteiger partial charge in [-0.25, -0.2) is 0 Å². The van der Waals surface area contributed by atoms with Crippen LogP contribution in [0.4, 0.5) is 0 Å². The van der Waals surface area contributed by atoms with E-state index in [9.17, 15) is 0 Å². The summed E-state index contributed by atoms with van der Waals surface area (Å²) in [6.07, 6.45) is 12.5. The van der Waals surface area contributed by atoms with Crippen LogP contribution in [0.25, 0.3) is 0 Å². The van der Waals surface area contributed by atoms with Gasteiger partial charge in [-0.2, -0.15) is 0 Å². The highest BCUT2D eigenvalue weighted by molar-refractivity contribution is 5.15. The van der Waals surface area contributed by atoms with Crippen molar-refractivity contribution < 1.29 is 4.74 Å². The smallest absolute Gasteiger partial charge is 0.0963 e. The van der Waals surface area contributed by atoms with Crippen LogP contribution in [0.1, 0.15) is 26.2 Å². The SMILES string of the molecule is CC=COCC12C=CC(CC1)C2. The first kappa shape index (κ1) is 7.90. The predicted molar refractivity (Wildman–Crippen MR) is 49.7 cm³/mol. The van der Waals surface area contributed by atoms with Gasteiger partial charge in [0.1, 0.15) is 0 Å². The van der Waals surface area contributed by atoms with Crippen molar-refractivity contribution in [1.29, 1.82) is 0 Å². The minimum absolute atomic E-state index is 0.407. The molecule has 2 bridgehead atoms. The van der Waals surface area contributed by atoms with Gasteiger partial charge in [0.15, 0.2) is 0 Å². The maximum Gasteiger partial charge on any atom is 0.0963 e. The Bertz CT molecular complexity index is 217. The fraction of sp³-hybridized carbons (Fsp3) is 0.636. The molecule has 0 aromatic heterocycles. The van der Waals surface area contributed by atoms with Gasteiger partial charge in [0.05, 0.1) is 12.9 Å². The van der Waals surface area contributed by atoms with E-state index in [1.165, 1.54) is 19.3 Å². The molecule has 0 aliphatic heterocycles. The molecule has 0 aromatic carbocycles. The van der Waals surface area contributed by atoms with Crippen LogP contribution in [0.15, 0.2) is 24.5 Å². The van der Waals surface area contributed by atoms with Crippen LogP contribution in [0.5, 0.6) is 0 Å². The van der Waals surface area contributed by atoms with E-state index in [-0.39, 0.29) is 0 Å². The highest BCUT2D eigenvalue weighted by Crippen LogP contribution is 2.49. The lowest BCUT2D eigenvalue weighted by atomic mass is 9.89. The van der Waals surface area contributed by atoms with Crippen molar-refractivity contribution in [3.63, 3.8) is 0 Å². The lowest BCUT2D eigenvalue weighted by molar-refractivity contribution is 0.152. The molecule has 2 aliphatic carbocycles. The third kappa shape index (κ3) is 1.28. The summed E-state index contributed by atoms with van der Waals surface area (Å²) in [4.78, 5) is 0. The van der Waals surface area contributed by atoms with Crippen LogP contribution in [-0.2, 0) is 4.74 Å². The maximum absolute atomic E-state index is 5.46. The molecule has 0 spiro atoms. The second kappa shape index (κ2) is 2.96. The second-order valence-electron chi connectivity index (χ2n) is 4.00. The van der Waals surface area contributed by atoms with Crippen molar-refractivity contribution >= 4 is 0 Å². The summed E-state index contributed by atoms with van der Waals surface area (Å²) in [5.74, 6) is 0.860. The van der Waals surface area contributed by atoms with Crippen molar-refractivity contribution in [2.75, 3.05) is 6.61 Å². The van der Waals surface area contributed by atoms with Crippen molar-refractivity contribution in [2.45, 2.75) is 26.2 Å². The quantitative estimate of drug-likeness (QED) is 0.460. The Kier molecular flexibility index (Phi) is 1.95. The number of allylic oxidation sites excluding steroid dienone is 2. The second-order valence-corrected chi connectivity index (χ2v) is 4.00. The maximum atomic E-state index is 5.46. The van der Waals surface area contributed by atoms with Gasteiger partial charge < -0.3 is 4.74 Å². The average molecular weight is 164 g/mol. The van der Waals surface area contributed by atoms with Gasteiger partial charge in [-0.15, -0.1) is 0 Å². The molecule has 0 amide bonds. The van der Waals surface area contributed by atoms with Gasteiger partial charge >= 0.3 is 0 Å². The van der Waals surface area contributed by atoms with Crippen molar-refractivity contribution in [3.05, 3.63) is 24.5 Å². The minimum Gasteiger partial charge on any atom is -0.501 e. The van der Waals surface area contributed by atoms with Crippen LogP contribution in [-0.4, -0.2) is 6.61 Å². The Morgan fingerprint density at radius 2 is 2.58 bits per heavy atom. The van der Waals surface area contributed by atoms with E-state index in [4.69, 9.17) is 4.74 Å². The zero-order chi connectivity index (χ0) is 8.44. The first-order valence-electron chi connectivity index (χ1n) is 4.77. The third-order valence-electron chi connectivity index (χ3n) is 3.01. The molecular formula is C11H16O. The number of rotatable bonds is 3. The van der Waals surface area contributed by atoms with Gasteiger partial charge in [-0.05, 0) is 32.1 Å². The molecule has 1 nitrogen and oxygen atoms in total. The Morgan fingerprint density at radius 3 is 3.08 bits per heavy atom.